The Bertz CT molecular complexity index is 1570. The normalized spacial score (nSPS) is 23.7. The lowest BCUT2D eigenvalue weighted by Crippen LogP contribution is -2.51. The summed E-state index contributed by atoms with van der Waals surface area (Å²) in [5, 5.41) is 9.31. The van der Waals surface area contributed by atoms with Gasteiger partial charge in [-0.25, -0.2) is 4.79 Å². The van der Waals surface area contributed by atoms with E-state index >= 15 is 0 Å². The Balaban J connectivity index is 1.13. The van der Waals surface area contributed by atoms with Crippen molar-refractivity contribution in [2.45, 2.75) is 51.0 Å². The summed E-state index contributed by atoms with van der Waals surface area (Å²) in [5.74, 6) is 0.754. The van der Waals surface area contributed by atoms with E-state index in [-0.39, 0.29) is 18.3 Å². The van der Waals surface area contributed by atoms with Crippen LogP contribution in [0.5, 0.6) is 0 Å². The highest BCUT2D eigenvalue weighted by molar-refractivity contribution is 6.03. The number of aromatic amines is 1. The number of ether oxygens (including phenoxy) is 2. The van der Waals surface area contributed by atoms with Crippen LogP contribution in [0.25, 0.3) is 17.0 Å². The maximum atomic E-state index is 13.5. The van der Waals surface area contributed by atoms with Crippen molar-refractivity contribution in [3.63, 3.8) is 0 Å². The summed E-state index contributed by atoms with van der Waals surface area (Å²) >= 11 is 0. The number of rotatable bonds is 10. The van der Waals surface area contributed by atoms with E-state index < -0.39 is 30.3 Å². The molecule has 7 rings (SSSR count). The maximum absolute atomic E-state index is 13.5. The molecule has 0 aliphatic heterocycles. The molecule has 0 spiro atoms. The molecule has 0 unspecified atom stereocenters. The molecule has 4 aliphatic carbocycles. The van der Waals surface area contributed by atoms with Crippen molar-refractivity contribution in [2.75, 3.05) is 19.0 Å². The van der Waals surface area contributed by atoms with Crippen LogP contribution in [0.2, 0.25) is 0 Å². The van der Waals surface area contributed by atoms with Gasteiger partial charge < -0.3 is 25.1 Å². The highest BCUT2D eigenvalue weighted by Crippen LogP contribution is 2.54. The van der Waals surface area contributed by atoms with Crippen LogP contribution in [0.15, 0.2) is 60.4 Å². The first-order chi connectivity index (χ1) is 21.4. The number of carbonyl (C=O) groups is 4. The van der Waals surface area contributed by atoms with E-state index in [1.54, 1.807) is 24.4 Å². The zero-order valence-corrected chi connectivity index (χ0v) is 24.8. The van der Waals surface area contributed by atoms with E-state index in [1.165, 1.54) is 13.5 Å². The zero-order valence-electron chi connectivity index (χ0n) is 24.8. The van der Waals surface area contributed by atoms with Gasteiger partial charge >= 0.3 is 12.1 Å². The van der Waals surface area contributed by atoms with E-state index in [0.717, 1.165) is 59.5 Å². The molecule has 4 saturated carbocycles. The van der Waals surface area contributed by atoms with Crippen molar-refractivity contribution in [3.8, 4) is 0 Å². The quantitative estimate of drug-likeness (QED) is 0.148. The first-order valence-electron chi connectivity index (χ1n) is 15.3. The SMILES string of the molecule is COC(=O)CC(=O)Nc1ccccc1CCNC(=O)/C(=C/c1c[nH]c2ccccc12)NC(=O)OC1C2CC3CC(C2)CC1C3. The second kappa shape index (κ2) is 13.0. The van der Waals surface area contributed by atoms with Crippen LogP contribution in [-0.4, -0.2) is 48.6 Å². The molecule has 4 aliphatic rings. The number of hydrogen-bond acceptors (Lipinski definition) is 6. The summed E-state index contributed by atoms with van der Waals surface area (Å²) in [4.78, 5) is 53.7. The molecule has 4 bridgehead atoms. The van der Waals surface area contributed by atoms with E-state index in [9.17, 15) is 19.2 Å². The summed E-state index contributed by atoms with van der Waals surface area (Å²) in [6, 6.07) is 14.9. The average Bonchev–Trinajstić information content (AvgIpc) is 3.41. The molecule has 3 amide bonds. The first-order valence-corrected chi connectivity index (χ1v) is 15.3. The van der Waals surface area contributed by atoms with Gasteiger partial charge in [0.1, 0.15) is 18.2 Å². The van der Waals surface area contributed by atoms with Gasteiger partial charge in [0, 0.05) is 34.9 Å². The summed E-state index contributed by atoms with van der Waals surface area (Å²) in [6.45, 7) is 0.236. The molecule has 4 N–H and O–H groups in total. The van der Waals surface area contributed by atoms with Gasteiger partial charge in [-0.05, 0) is 86.0 Å². The monoisotopic (exact) mass is 598 g/mol. The molecule has 3 aromatic rings. The number of amides is 3. The molecule has 4 fully saturated rings. The molecule has 1 aromatic heterocycles. The lowest BCUT2D eigenvalue weighted by Gasteiger charge is -2.53. The molecule has 0 saturated heterocycles. The van der Waals surface area contributed by atoms with Crippen molar-refractivity contribution in [2.24, 2.45) is 23.7 Å². The number of carbonyl (C=O) groups excluding carboxylic acids is 4. The van der Waals surface area contributed by atoms with Gasteiger partial charge in [-0.1, -0.05) is 36.4 Å². The number of esters is 1. The van der Waals surface area contributed by atoms with Crippen molar-refractivity contribution in [1.29, 1.82) is 0 Å². The van der Waals surface area contributed by atoms with Crippen LogP contribution >= 0.6 is 0 Å². The number of para-hydroxylation sites is 2. The fourth-order valence-electron chi connectivity index (χ4n) is 7.52. The lowest BCUT2D eigenvalue weighted by molar-refractivity contribution is -0.142. The smallest absolute Gasteiger partial charge is 0.412 e. The Morgan fingerprint density at radius 2 is 1.64 bits per heavy atom. The number of fused-ring (bicyclic) bond motifs is 1. The zero-order chi connectivity index (χ0) is 30.6. The predicted octanol–water partition coefficient (Wildman–Crippen LogP) is 4.92. The molecular formula is C34H38N4O6. The molecular weight excluding hydrogens is 560 g/mol. The summed E-state index contributed by atoms with van der Waals surface area (Å²) < 4.78 is 10.6. The van der Waals surface area contributed by atoms with Gasteiger partial charge in [0.2, 0.25) is 5.91 Å². The maximum Gasteiger partial charge on any atom is 0.412 e. The standard InChI is InChI=1S/C34H38N4O6/c1-43-31(40)18-30(39)37-27-8-4-2-6-22(27)10-11-35-33(41)29(17-25-19-36-28-9-5-3-7-26(25)28)38-34(42)44-32-23-13-20-12-21(15-23)16-24(32)14-20/h2-9,17,19-21,23-24,32,36H,10-16,18H2,1H3,(H,35,41)(H,37,39)(H,38,42)/b29-17-. The Labute approximate surface area is 255 Å². The minimum atomic E-state index is -0.629. The molecule has 1 heterocycles. The summed E-state index contributed by atoms with van der Waals surface area (Å²) in [6.07, 6.45) is 8.54. The third-order valence-electron chi connectivity index (χ3n) is 9.29. The van der Waals surface area contributed by atoms with E-state index in [2.05, 4.69) is 25.7 Å². The first kappa shape index (κ1) is 29.5. The van der Waals surface area contributed by atoms with Crippen molar-refractivity contribution in [3.05, 3.63) is 71.6 Å². The lowest BCUT2D eigenvalue weighted by atomic mass is 9.55. The number of alkyl carbamates (subject to hydrolysis) is 1. The molecule has 0 radical (unpaired) electrons. The van der Waals surface area contributed by atoms with Crippen molar-refractivity contribution in [1.82, 2.24) is 15.6 Å². The molecule has 2 aromatic carbocycles. The highest BCUT2D eigenvalue weighted by atomic mass is 16.6. The van der Waals surface area contributed by atoms with Crippen LogP contribution in [0.4, 0.5) is 10.5 Å². The summed E-state index contributed by atoms with van der Waals surface area (Å²) in [7, 11) is 1.23. The predicted molar refractivity (Wildman–Crippen MR) is 165 cm³/mol. The van der Waals surface area contributed by atoms with E-state index in [1.807, 2.05) is 36.4 Å². The number of benzene rings is 2. The Morgan fingerprint density at radius 1 is 0.932 bits per heavy atom. The van der Waals surface area contributed by atoms with Gasteiger partial charge in [-0.15, -0.1) is 0 Å². The number of hydrogen-bond donors (Lipinski definition) is 4. The topological polar surface area (TPSA) is 139 Å². The van der Waals surface area contributed by atoms with Crippen LogP contribution in [0.3, 0.4) is 0 Å². The third-order valence-corrected chi connectivity index (χ3v) is 9.29. The third kappa shape index (κ3) is 6.64. The molecule has 44 heavy (non-hydrogen) atoms. The van der Waals surface area contributed by atoms with Gasteiger partial charge in [0.05, 0.1) is 7.11 Å². The van der Waals surface area contributed by atoms with Gasteiger partial charge in [0.15, 0.2) is 0 Å². The highest BCUT2D eigenvalue weighted by Gasteiger charge is 2.50. The van der Waals surface area contributed by atoms with Crippen LogP contribution in [0, 0.1) is 23.7 Å². The number of anilines is 1. The van der Waals surface area contributed by atoms with Gasteiger partial charge in [-0.2, -0.15) is 0 Å². The van der Waals surface area contributed by atoms with Gasteiger partial charge in [-0.3, -0.25) is 19.7 Å². The van der Waals surface area contributed by atoms with E-state index in [0.29, 0.717) is 23.9 Å². The second-order valence-electron chi connectivity index (χ2n) is 12.2. The van der Waals surface area contributed by atoms with Crippen LogP contribution in [0.1, 0.15) is 49.7 Å². The number of methoxy groups -OCH3 is 1. The fourth-order valence-corrected chi connectivity index (χ4v) is 7.52. The second-order valence-corrected chi connectivity index (χ2v) is 12.2. The van der Waals surface area contributed by atoms with E-state index in [4.69, 9.17) is 4.74 Å². The minimum Gasteiger partial charge on any atom is -0.469 e. The van der Waals surface area contributed by atoms with Crippen molar-refractivity contribution >= 4 is 46.5 Å². The number of H-pyrrole nitrogens is 1. The van der Waals surface area contributed by atoms with Crippen LogP contribution in [-0.2, 0) is 30.3 Å². The molecule has 0 atom stereocenters. The molecule has 10 nitrogen and oxygen atoms in total. The Kier molecular flexibility index (Phi) is 8.67. The minimum absolute atomic E-state index is 0.0863. The fraction of sp³-hybridized carbons (Fsp3) is 0.412. The number of nitrogens with one attached hydrogen (secondary N) is 4. The molecule has 230 valence electrons. The summed E-state index contributed by atoms with van der Waals surface area (Å²) in [5.41, 5.74) is 3.09. The molecule has 10 heteroatoms. The Hall–Kier alpha value is -4.60. The van der Waals surface area contributed by atoms with Crippen molar-refractivity contribution < 1.29 is 28.7 Å². The largest absolute Gasteiger partial charge is 0.469 e. The number of aromatic nitrogens is 1. The van der Waals surface area contributed by atoms with Crippen LogP contribution < -0.4 is 16.0 Å². The van der Waals surface area contributed by atoms with Gasteiger partial charge in [0.25, 0.3) is 5.91 Å². The average molecular weight is 599 g/mol. The Morgan fingerprint density at radius 3 is 2.39 bits per heavy atom.